The van der Waals surface area contributed by atoms with Gasteiger partial charge in [0.1, 0.15) is 5.75 Å². The summed E-state index contributed by atoms with van der Waals surface area (Å²) in [4.78, 5) is 0. The molecule has 0 bridgehead atoms. The molecule has 1 aromatic carbocycles. The molecule has 2 rings (SSSR count). The van der Waals surface area contributed by atoms with Crippen LogP contribution in [0.5, 0.6) is 5.75 Å². The third-order valence-corrected chi connectivity index (χ3v) is 3.77. The van der Waals surface area contributed by atoms with Crippen molar-refractivity contribution >= 4 is 15.9 Å². The average molecular weight is 286 g/mol. The van der Waals surface area contributed by atoms with Crippen LogP contribution in [0, 0.1) is 5.41 Å². The standard InChI is InChI=1S/C12H16BrNO2/c13-10-5-9(1-2-11(10)16)6-14-7-12(8-15)3-4-12/h1-2,5,14-16H,3-4,6-8H2. The second-order valence-electron chi connectivity index (χ2n) is 4.55. The molecule has 0 spiro atoms. The summed E-state index contributed by atoms with van der Waals surface area (Å²) in [7, 11) is 0. The molecule has 0 heterocycles. The van der Waals surface area contributed by atoms with E-state index in [1.807, 2.05) is 12.1 Å². The van der Waals surface area contributed by atoms with Crippen molar-refractivity contribution in [1.82, 2.24) is 5.32 Å². The van der Waals surface area contributed by atoms with E-state index in [0.717, 1.165) is 36.0 Å². The summed E-state index contributed by atoms with van der Waals surface area (Å²) in [5, 5.41) is 21.8. The largest absolute Gasteiger partial charge is 0.507 e. The molecular formula is C12H16BrNO2. The Morgan fingerprint density at radius 1 is 1.38 bits per heavy atom. The normalized spacial score (nSPS) is 17.4. The van der Waals surface area contributed by atoms with Gasteiger partial charge in [0.25, 0.3) is 0 Å². The maximum atomic E-state index is 9.35. The molecule has 88 valence electrons. The second-order valence-corrected chi connectivity index (χ2v) is 5.40. The number of benzene rings is 1. The zero-order valence-electron chi connectivity index (χ0n) is 9.04. The molecule has 0 saturated heterocycles. The highest BCUT2D eigenvalue weighted by Gasteiger charge is 2.41. The van der Waals surface area contributed by atoms with Gasteiger partial charge in [-0.15, -0.1) is 0 Å². The molecule has 3 N–H and O–H groups in total. The Morgan fingerprint density at radius 2 is 2.12 bits per heavy atom. The zero-order valence-corrected chi connectivity index (χ0v) is 10.6. The maximum Gasteiger partial charge on any atom is 0.129 e. The van der Waals surface area contributed by atoms with Crippen LogP contribution in [0.2, 0.25) is 0 Å². The number of aliphatic hydroxyl groups excluding tert-OH is 1. The Morgan fingerprint density at radius 3 is 2.69 bits per heavy atom. The monoisotopic (exact) mass is 285 g/mol. The molecule has 1 fully saturated rings. The second kappa shape index (κ2) is 4.73. The number of aliphatic hydroxyl groups is 1. The van der Waals surface area contributed by atoms with Crippen LogP contribution in [0.25, 0.3) is 0 Å². The van der Waals surface area contributed by atoms with Crippen LogP contribution in [-0.2, 0) is 6.54 Å². The van der Waals surface area contributed by atoms with Crippen LogP contribution in [0.3, 0.4) is 0 Å². The van der Waals surface area contributed by atoms with Gasteiger partial charge in [0.05, 0.1) is 4.47 Å². The van der Waals surface area contributed by atoms with Gasteiger partial charge >= 0.3 is 0 Å². The summed E-state index contributed by atoms with van der Waals surface area (Å²) in [6, 6.07) is 5.48. The lowest BCUT2D eigenvalue weighted by Gasteiger charge is -2.12. The van der Waals surface area contributed by atoms with E-state index < -0.39 is 0 Å². The smallest absolute Gasteiger partial charge is 0.129 e. The molecule has 3 nitrogen and oxygen atoms in total. The van der Waals surface area contributed by atoms with Gasteiger partial charge in [-0.2, -0.15) is 0 Å². The fourth-order valence-corrected chi connectivity index (χ4v) is 2.13. The van der Waals surface area contributed by atoms with Crippen molar-refractivity contribution < 1.29 is 10.2 Å². The summed E-state index contributed by atoms with van der Waals surface area (Å²) in [5.41, 5.74) is 1.27. The van der Waals surface area contributed by atoms with Gasteiger partial charge in [0.15, 0.2) is 0 Å². The third-order valence-electron chi connectivity index (χ3n) is 3.13. The molecule has 1 aliphatic rings. The van der Waals surface area contributed by atoms with Gasteiger partial charge < -0.3 is 15.5 Å². The Labute approximate surface area is 104 Å². The number of hydrogen-bond donors (Lipinski definition) is 3. The number of halogens is 1. The van der Waals surface area contributed by atoms with Crippen molar-refractivity contribution in [2.24, 2.45) is 5.41 Å². The van der Waals surface area contributed by atoms with Crippen LogP contribution in [-0.4, -0.2) is 23.4 Å². The third kappa shape index (κ3) is 2.75. The van der Waals surface area contributed by atoms with E-state index in [0.29, 0.717) is 0 Å². The lowest BCUT2D eigenvalue weighted by molar-refractivity contribution is 0.207. The van der Waals surface area contributed by atoms with E-state index in [2.05, 4.69) is 21.2 Å². The Balaban J connectivity index is 1.83. The predicted octanol–water partition coefficient (Wildman–Crippen LogP) is 2.02. The number of phenols is 1. The van der Waals surface area contributed by atoms with Gasteiger partial charge in [0.2, 0.25) is 0 Å². The minimum atomic E-state index is 0.147. The van der Waals surface area contributed by atoms with E-state index in [4.69, 9.17) is 5.11 Å². The Kier molecular flexibility index (Phi) is 3.52. The van der Waals surface area contributed by atoms with Crippen molar-refractivity contribution in [1.29, 1.82) is 0 Å². The summed E-state index contributed by atoms with van der Waals surface area (Å²) in [5.74, 6) is 0.262. The minimum Gasteiger partial charge on any atom is -0.507 e. The summed E-state index contributed by atoms with van der Waals surface area (Å²) < 4.78 is 0.718. The highest BCUT2D eigenvalue weighted by atomic mass is 79.9. The summed E-state index contributed by atoms with van der Waals surface area (Å²) >= 11 is 3.29. The average Bonchev–Trinajstić information content (AvgIpc) is 3.04. The molecule has 1 aromatic rings. The van der Waals surface area contributed by atoms with Crippen LogP contribution in [0.1, 0.15) is 18.4 Å². The zero-order chi connectivity index (χ0) is 11.6. The molecule has 0 aliphatic heterocycles. The molecule has 16 heavy (non-hydrogen) atoms. The van der Waals surface area contributed by atoms with Crippen molar-refractivity contribution in [3.05, 3.63) is 28.2 Å². The summed E-state index contributed by atoms with van der Waals surface area (Å²) in [6.45, 7) is 1.90. The van der Waals surface area contributed by atoms with Gasteiger partial charge in [0, 0.05) is 25.1 Å². The van der Waals surface area contributed by atoms with Gasteiger partial charge in [-0.1, -0.05) is 6.07 Å². The fourth-order valence-electron chi connectivity index (χ4n) is 1.70. The maximum absolute atomic E-state index is 9.35. The topological polar surface area (TPSA) is 52.5 Å². The van der Waals surface area contributed by atoms with Gasteiger partial charge in [-0.25, -0.2) is 0 Å². The van der Waals surface area contributed by atoms with Crippen LogP contribution >= 0.6 is 15.9 Å². The van der Waals surface area contributed by atoms with Crippen LogP contribution in [0.15, 0.2) is 22.7 Å². The lowest BCUT2D eigenvalue weighted by atomic mass is 10.1. The van der Waals surface area contributed by atoms with E-state index in [-0.39, 0.29) is 17.8 Å². The molecule has 0 radical (unpaired) electrons. The lowest BCUT2D eigenvalue weighted by Crippen LogP contribution is -2.26. The minimum absolute atomic E-state index is 0.147. The molecule has 1 saturated carbocycles. The van der Waals surface area contributed by atoms with E-state index in [1.54, 1.807) is 6.07 Å². The molecule has 0 amide bonds. The highest BCUT2D eigenvalue weighted by molar-refractivity contribution is 9.10. The van der Waals surface area contributed by atoms with Crippen LogP contribution in [0.4, 0.5) is 0 Å². The molecule has 1 aliphatic carbocycles. The first-order chi connectivity index (χ1) is 7.65. The molecule has 0 atom stereocenters. The predicted molar refractivity (Wildman–Crippen MR) is 66.3 cm³/mol. The first-order valence-corrected chi connectivity index (χ1v) is 6.23. The van der Waals surface area contributed by atoms with Crippen molar-refractivity contribution in [2.45, 2.75) is 19.4 Å². The fraction of sp³-hybridized carbons (Fsp3) is 0.500. The van der Waals surface area contributed by atoms with E-state index in [9.17, 15) is 5.11 Å². The number of rotatable bonds is 5. The number of hydrogen-bond acceptors (Lipinski definition) is 3. The molecule has 0 unspecified atom stereocenters. The first-order valence-electron chi connectivity index (χ1n) is 5.44. The number of phenolic OH excluding ortho intramolecular Hbond substituents is 1. The number of nitrogens with one attached hydrogen (secondary N) is 1. The molecule has 0 aromatic heterocycles. The summed E-state index contributed by atoms with van der Waals surface area (Å²) in [6.07, 6.45) is 2.24. The quantitative estimate of drug-likeness (QED) is 0.776. The van der Waals surface area contributed by atoms with Crippen molar-refractivity contribution in [3.63, 3.8) is 0 Å². The van der Waals surface area contributed by atoms with Crippen molar-refractivity contribution in [3.8, 4) is 5.75 Å². The van der Waals surface area contributed by atoms with Crippen LogP contribution < -0.4 is 5.32 Å². The number of aromatic hydroxyl groups is 1. The Bertz CT molecular complexity index is 377. The SMILES string of the molecule is OCC1(CNCc2ccc(O)c(Br)c2)CC1. The van der Waals surface area contributed by atoms with Gasteiger partial charge in [-0.05, 0) is 46.5 Å². The van der Waals surface area contributed by atoms with Gasteiger partial charge in [-0.3, -0.25) is 0 Å². The van der Waals surface area contributed by atoms with Crippen molar-refractivity contribution in [2.75, 3.05) is 13.2 Å². The highest BCUT2D eigenvalue weighted by Crippen LogP contribution is 2.44. The Hall–Kier alpha value is -0.580. The first kappa shape index (κ1) is 11.9. The molecule has 4 heteroatoms. The van der Waals surface area contributed by atoms with E-state index in [1.165, 1.54) is 0 Å². The van der Waals surface area contributed by atoms with E-state index >= 15 is 0 Å². The molecular weight excluding hydrogens is 270 g/mol.